The van der Waals surface area contributed by atoms with Crippen LogP contribution in [0.15, 0.2) is 45.8 Å². The molecule has 0 unspecified atom stereocenters. The Morgan fingerprint density at radius 1 is 1.20 bits per heavy atom. The van der Waals surface area contributed by atoms with Crippen LogP contribution in [-0.2, 0) is 24.3 Å². The maximum absolute atomic E-state index is 13.9. The van der Waals surface area contributed by atoms with Gasteiger partial charge in [-0.2, -0.15) is 0 Å². The van der Waals surface area contributed by atoms with Crippen molar-refractivity contribution in [3.8, 4) is 5.75 Å². The minimum atomic E-state index is -0.279. The van der Waals surface area contributed by atoms with E-state index in [1.54, 1.807) is 0 Å². The average Bonchev–Trinajstić information content (AvgIpc) is 3.07. The first-order valence-electron chi connectivity index (χ1n) is 10.2. The predicted molar refractivity (Wildman–Crippen MR) is 114 cm³/mol. The second-order valence-electron chi connectivity index (χ2n) is 7.18. The van der Waals surface area contributed by atoms with Crippen molar-refractivity contribution in [2.45, 2.75) is 33.4 Å². The molecule has 3 aromatic rings. The number of aryl methyl sites for hydroxylation is 1. The topological polar surface area (TPSA) is 68.0 Å². The Hall–Kier alpha value is -3.06. The fourth-order valence-electron chi connectivity index (χ4n) is 3.63. The molecule has 0 saturated carbocycles. The number of halogens is 1. The van der Waals surface area contributed by atoms with Crippen LogP contribution in [0.5, 0.6) is 5.75 Å². The number of benzene rings is 2. The summed E-state index contributed by atoms with van der Waals surface area (Å²) in [5.41, 5.74) is 3.55. The summed E-state index contributed by atoms with van der Waals surface area (Å²) in [6.45, 7) is 6.39. The zero-order valence-corrected chi connectivity index (χ0v) is 17.3. The molecule has 0 radical (unpaired) electrons. The Kier molecular flexibility index (Phi) is 6.18. The quantitative estimate of drug-likeness (QED) is 0.473. The lowest BCUT2D eigenvalue weighted by molar-refractivity contribution is -0.0172. The molecule has 0 spiro atoms. The molecule has 0 amide bonds. The standard InChI is InChI=1S/C23H26FN3O3/c1-3-25-23(27-12-21-15(2)19-6-4-5-7-20(19)30-21)26-9-8-16-10-18(24)11-17-13-28-14-29-22(16)17/h4-7,10-11H,3,8-9,12-14H2,1-2H3,(H2,25,26,27). The van der Waals surface area contributed by atoms with Crippen LogP contribution in [0.2, 0.25) is 0 Å². The Bertz CT molecular complexity index is 1060. The van der Waals surface area contributed by atoms with Crippen molar-refractivity contribution < 1.29 is 18.3 Å². The first-order valence-corrected chi connectivity index (χ1v) is 10.2. The molecular weight excluding hydrogens is 385 g/mol. The molecule has 1 aliphatic rings. The lowest BCUT2D eigenvalue weighted by Crippen LogP contribution is -2.38. The smallest absolute Gasteiger partial charge is 0.191 e. The second kappa shape index (κ2) is 9.17. The number of guanidine groups is 1. The number of hydrogen-bond donors (Lipinski definition) is 2. The molecule has 0 saturated heterocycles. The molecule has 2 aromatic carbocycles. The Balaban J connectivity index is 1.43. The Morgan fingerprint density at radius 2 is 2.07 bits per heavy atom. The SMILES string of the molecule is CCNC(=NCc1oc2ccccc2c1C)NCCc1cc(F)cc2c1OCOC2. The van der Waals surface area contributed by atoms with Crippen molar-refractivity contribution in [1.29, 1.82) is 0 Å². The van der Waals surface area contributed by atoms with E-state index in [9.17, 15) is 4.39 Å². The van der Waals surface area contributed by atoms with Crippen molar-refractivity contribution in [3.63, 3.8) is 0 Å². The predicted octanol–water partition coefficient (Wildman–Crippen LogP) is 4.04. The molecule has 30 heavy (non-hydrogen) atoms. The highest BCUT2D eigenvalue weighted by Gasteiger charge is 2.17. The maximum atomic E-state index is 13.9. The third-order valence-corrected chi connectivity index (χ3v) is 5.11. The van der Waals surface area contributed by atoms with Crippen LogP contribution in [0.3, 0.4) is 0 Å². The third-order valence-electron chi connectivity index (χ3n) is 5.11. The van der Waals surface area contributed by atoms with E-state index in [1.807, 2.05) is 32.0 Å². The summed E-state index contributed by atoms with van der Waals surface area (Å²) in [4.78, 5) is 4.65. The number of para-hydroxylation sites is 1. The number of aliphatic imine (C=N–C) groups is 1. The number of hydrogen-bond acceptors (Lipinski definition) is 4. The molecule has 0 atom stereocenters. The van der Waals surface area contributed by atoms with E-state index in [2.05, 4.69) is 21.7 Å². The van der Waals surface area contributed by atoms with Gasteiger partial charge < -0.3 is 24.5 Å². The number of nitrogens with zero attached hydrogens (tertiary/aromatic N) is 1. The van der Waals surface area contributed by atoms with Crippen molar-refractivity contribution in [2.75, 3.05) is 19.9 Å². The van der Waals surface area contributed by atoms with Gasteiger partial charge in [-0.05, 0) is 44.0 Å². The first kappa shape index (κ1) is 20.2. The Morgan fingerprint density at radius 3 is 2.90 bits per heavy atom. The second-order valence-corrected chi connectivity index (χ2v) is 7.18. The van der Waals surface area contributed by atoms with Gasteiger partial charge in [-0.3, -0.25) is 0 Å². The van der Waals surface area contributed by atoms with E-state index in [0.717, 1.165) is 45.7 Å². The van der Waals surface area contributed by atoms with Gasteiger partial charge in [0.2, 0.25) is 0 Å². The van der Waals surface area contributed by atoms with Gasteiger partial charge in [0.05, 0.1) is 6.61 Å². The van der Waals surface area contributed by atoms with Gasteiger partial charge in [-0.15, -0.1) is 0 Å². The van der Waals surface area contributed by atoms with E-state index in [4.69, 9.17) is 13.9 Å². The molecule has 158 valence electrons. The van der Waals surface area contributed by atoms with E-state index < -0.39 is 0 Å². The highest BCUT2D eigenvalue weighted by atomic mass is 19.1. The summed E-state index contributed by atoms with van der Waals surface area (Å²) in [5.74, 6) is 1.98. The van der Waals surface area contributed by atoms with Gasteiger partial charge >= 0.3 is 0 Å². The maximum Gasteiger partial charge on any atom is 0.191 e. The molecule has 0 fully saturated rings. The highest BCUT2D eigenvalue weighted by molar-refractivity contribution is 5.82. The van der Waals surface area contributed by atoms with Crippen LogP contribution in [0.25, 0.3) is 11.0 Å². The van der Waals surface area contributed by atoms with Crippen molar-refractivity contribution >= 4 is 16.9 Å². The number of ether oxygens (including phenoxy) is 2. The fraction of sp³-hybridized carbons (Fsp3) is 0.348. The summed E-state index contributed by atoms with van der Waals surface area (Å²) in [5, 5.41) is 7.66. The van der Waals surface area contributed by atoms with Crippen molar-refractivity contribution in [2.24, 2.45) is 4.99 Å². The molecule has 1 aliphatic heterocycles. The zero-order valence-electron chi connectivity index (χ0n) is 17.3. The number of nitrogens with one attached hydrogen (secondary N) is 2. The molecule has 0 bridgehead atoms. The van der Waals surface area contributed by atoms with E-state index >= 15 is 0 Å². The van der Waals surface area contributed by atoms with Crippen molar-refractivity contribution in [3.05, 3.63) is 64.7 Å². The number of rotatable bonds is 6. The molecule has 7 heteroatoms. The highest BCUT2D eigenvalue weighted by Crippen LogP contribution is 2.29. The van der Waals surface area contributed by atoms with Crippen LogP contribution in [0.4, 0.5) is 4.39 Å². The van der Waals surface area contributed by atoms with Crippen LogP contribution >= 0.6 is 0 Å². The van der Waals surface area contributed by atoms with E-state index in [1.165, 1.54) is 12.1 Å². The van der Waals surface area contributed by atoms with Crippen LogP contribution in [-0.4, -0.2) is 25.8 Å². The van der Waals surface area contributed by atoms with Crippen LogP contribution in [0.1, 0.15) is 29.4 Å². The summed E-state index contributed by atoms with van der Waals surface area (Å²) in [7, 11) is 0. The summed E-state index contributed by atoms with van der Waals surface area (Å²) < 4.78 is 30.7. The summed E-state index contributed by atoms with van der Waals surface area (Å²) in [6.07, 6.45) is 0.605. The molecule has 4 rings (SSSR count). The molecule has 6 nitrogen and oxygen atoms in total. The molecule has 2 heterocycles. The van der Waals surface area contributed by atoms with Gasteiger partial charge in [0.25, 0.3) is 0 Å². The average molecular weight is 411 g/mol. The van der Waals surface area contributed by atoms with Crippen molar-refractivity contribution in [1.82, 2.24) is 10.6 Å². The third kappa shape index (κ3) is 4.41. The van der Waals surface area contributed by atoms with Gasteiger partial charge in [0, 0.05) is 29.6 Å². The fourth-order valence-corrected chi connectivity index (χ4v) is 3.63. The molecule has 0 aliphatic carbocycles. The molecular formula is C23H26FN3O3. The van der Waals surface area contributed by atoms with E-state index in [-0.39, 0.29) is 12.6 Å². The van der Waals surface area contributed by atoms with Gasteiger partial charge in [-0.25, -0.2) is 9.38 Å². The zero-order chi connectivity index (χ0) is 20.9. The normalized spacial score (nSPS) is 13.8. The van der Waals surface area contributed by atoms with E-state index in [0.29, 0.717) is 32.1 Å². The lowest BCUT2D eigenvalue weighted by atomic mass is 10.1. The molecule has 1 aromatic heterocycles. The summed E-state index contributed by atoms with van der Waals surface area (Å²) in [6, 6.07) is 11.0. The largest absolute Gasteiger partial charge is 0.467 e. The Labute approximate surface area is 175 Å². The van der Waals surface area contributed by atoms with Crippen LogP contribution < -0.4 is 15.4 Å². The lowest BCUT2D eigenvalue weighted by Gasteiger charge is -2.21. The van der Waals surface area contributed by atoms with Gasteiger partial charge in [0.1, 0.15) is 29.5 Å². The first-order chi connectivity index (χ1) is 14.7. The van der Waals surface area contributed by atoms with Gasteiger partial charge in [0.15, 0.2) is 12.8 Å². The van der Waals surface area contributed by atoms with Crippen LogP contribution in [0, 0.1) is 12.7 Å². The number of furan rings is 1. The molecule has 2 N–H and O–H groups in total. The monoisotopic (exact) mass is 411 g/mol. The minimum Gasteiger partial charge on any atom is -0.467 e. The van der Waals surface area contributed by atoms with Gasteiger partial charge in [-0.1, -0.05) is 18.2 Å². The number of fused-ring (bicyclic) bond motifs is 2. The minimum absolute atomic E-state index is 0.194. The summed E-state index contributed by atoms with van der Waals surface area (Å²) >= 11 is 0.